The first-order valence-electron chi connectivity index (χ1n) is 4.28. The first-order valence-corrected chi connectivity index (χ1v) is 8.99. The van der Waals surface area contributed by atoms with Gasteiger partial charge in [0.1, 0.15) is 4.21 Å². The van der Waals surface area contributed by atoms with Crippen LogP contribution in [-0.2, 0) is 10.0 Å². The van der Waals surface area contributed by atoms with Crippen molar-refractivity contribution in [1.82, 2.24) is 4.98 Å². The van der Waals surface area contributed by atoms with Gasteiger partial charge in [0, 0.05) is 0 Å². The first kappa shape index (κ1) is 13.5. The van der Waals surface area contributed by atoms with Gasteiger partial charge < -0.3 is 0 Å². The summed E-state index contributed by atoms with van der Waals surface area (Å²) >= 11 is 8.94. The van der Waals surface area contributed by atoms with Crippen LogP contribution >= 0.6 is 54.5 Å². The highest BCUT2D eigenvalue weighted by atomic mass is 79.9. The topological polar surface area (TPSA) is 59.1 Å². The molecule has 0 atom stereocenters. The van der Waals surface area contributed by atoms with Gasteiger partial charge in [0.2, 0.25) is 0 Å². The van der Waals surface area contributed by atoms with Crippen LogP contribution in [0.1, 0.15) is 5.56 Å². The van der Waals surface area contributed by atoms with Gasteiger partial charge in [0.15, 0.2) is 5.13 Å². The summed E-state index contributed by atoms with van der Waals surface area (Å²) in [7, 11) is -3.54. The lowest BCUT2D eigenvalue weighted by Gasteiger charge is -2.01. The molecule has 92 valence electrons. The summed E-state index contributed by atoms with van der Waals surface area (Å²) in [4.78, 5) is 3.93. The van der Waals surface area contributed by atoms with Crippen LogP contribution in [0.3, 0.4) is 0 Å². The van der Waals surface area contributed by atoms with E-state index in [2.05, 4.69) is 41.6 Å². The average molecular weight is 418 g/mol. The summed E-state index contributed by atoms with van der Waals surface area (Å²) in [6.07, 6.45) is 1.55. The second-order valence-corrected chi connectivity index (χ2v) is 9.79. The standard InChI is InChI=1S/C8H6Br2N2O2S3/c1-4-2-6(16-7(4)10)17(13,14)12-8-11-3-5(9)15-8/h2-3H,1H3,(H,11,12). The predicted molar refractivity (Wildman–Crippen MR) is 77.4 cm³/mol. The summed E-state index contributed by atoms with van der Waals surface area (Å²) in [6.45, 7) is 1.85. The number of nitrogens with zero attached hydrogens (tertiary/aromatic N) is 1. The third kappa shape index (κ3) is 3.08. The van der Waals surface area contributed by atoms with Crippen LogP contribution in [0.15, 0.2) is 24.0 Å². The van der Waals surface area contributed by atoms with E-state index in [1.165, 1.54) is 22.7 Å². The SMILES string of the molecule is Cc1cc(S(=O)(=O)Nc2ncc(Br)s2)sc1Br. The van der Waals surface area contributed by atoms with E-state index in [0.717, 1.165) is 13.1 Å². The number of rotatable bonds is 3. The number of sulfonamides is 1. The van der Waals surface area contributed by atoms with E-state index in [1.807, 2.05) is 6.92 Å². The Morgan fingerprint density at radius 3 is 2.53 bits per heavy atom. The molecule has 0 aliphatic carbocycles. The maximum absolute atomic E-state index is 12.0. The van der Waals surface area contributed by atoms with Crippen LogP contribution in [0.2, 0.25) is 0 Å². The van der Waals surface area contributed by atoms with Gasteiger partial charge in [-0.05, 0) is 50.4 Å². The molecule has 2 aromatic heterocycles. The molecule has 2 aromatic rings. The van der Waals surface area contributed by atoms with Gasteiger partial charge in [-0.15, -0.1) is 11.3 Å². The third-order valence-corrected chi connectivity index (χ3v) is 7.27. The summed E-state index contributed by atoms with van der Waals surface area (Å²) < 4.78 is 28.3. The number of aromatic nitrogens is 1. The van der Waals surface area contributed by atoms with Gasteiger partial charge in [-0.1, -0.05) is 11.3 Å². The van der Waals surface area contributed by atoms with Crippen LogP contribution in [-0.4, -0.2) is 13.4 Å². The molecule has 2 heterocycles. The van der Waals surface area contributed by atoms with Crippen molar-refractivity contribution < 1.29 is 8.42 Å². The van der Waals surface area contributed by atoms with E-state index in [9.17, 15) is 8.42 Å². The molecule has 17 heavy (non-hydrogen) atoms. The van der Waals surface area contributed by atoms with E-state index in [1.54, 1.807) is 12.3 Å². The lowest BCUT2D eigenvalue weighted by molar-refractivity contribution is 0.603. The molecule has 9 heteroatoms. The minimum Gasteiger partial charge on any atom is -0.254 e. The van der Waals surface area contributed by atoms with E-state index in [-0.39, 0.29) is 4.21 Å². The maximum Gasteiger partial charge on any atom is 0.273 e. The fourth-order valence-corrected chi connectivity index (χ4v) is 5.61. The van der Waals surface area contributed by atoms with E-state index < -0.39 is 10.0 Å². The van der Waals surface area contributed by atoms with Crippen LogP contribution in [0, 0.1) is 6.92 Å². The molecule has 2 rings (SSSR count). The Labute approximate surface area is 123 Å². The maximum atomic E-state index is 12.0. The van der Waals surface area contributed by atoms with Crippen LogP contribution < -0.4 is 4.72 Å². The normalized spacial score (nSPS) is 11.7. The zero-order chi connectivity index (χ0) is 12.6. The highest BCUT2D eigenvalue weighted by Crippen LogP contribution is 2.32. The molecule has 0 amide bonds. The Balaban J connectivity index is 2.31. The second-order valence-electron chi connectivity index (χ2n) is 3.10. The van der Waals surface area contributed by atoms with Crippen molar-refractivity contribution >= 4 is 69.7 Å². The quantitative estimate of drug-likeness (QED) is 0.825. The van der Waals surface area contributed by atoms with Gasteiger partial charge in [-0.25, -0.2) is 13.4 Å². The molecular formula is C8H6Br2N2O2S3. The Hall–Kier alpha value is 0.0400. The summed E-state index contributed by atoms with van der Waals surface area (Å²) in [5.41, 5.74) is 0.899. The molecule has 0 fully saturated rings. The lowest BCUT2D eigenvalue weighted by atomic mass is 10.4. The molecule has 0 aromatic carbocycles. The van der Waals surface area contributed by atoms with Gasteiger partial charge in [0.05, 0.1) is 13.8 Å². The minimum atomic E-state index is -3.54. The largest absolute Gasteiger partial charge is 0.273 e. The molecule has 0 spiro atoms. The van der Waals surface area contributed by atoms with Gasteiger partial charge in [-0.3, -0.25) is 4.72 Å². The molecule has 0 saturated heterocycles. The number of thiophene rings is 1. The molecule has 1 N–H and O–H groups in total. The number of hydrogen-bond acceptors (Lipinski definition) is 5. The van der Waals surface area contributed by atoms with Gasteiger partial charge in [-0.2, -0.15) is 0 Å². The van der Waals surface area contributed by atoms with Crippen molar-refractivity contribution in [3.8, 4) is 0 Å². The fraction of sp³-hybridized carbons (Fsp3) is 0.125. The van der Waals surface area contributed by atoms with Gasteiger partial charge >= 0.3 is 0 Å². The highest BCUT2D eigenvalue weighted by molar-refractivity contribution is 9.11. The molecule has 0 radical (unpaired) electrons. The van der Waals surface area contributed by atoms with Crippen molar-refractivity contribution in [3.05, 3.63) is 25.4 Å². The Morgan fingerprint density at radius 1 is 1.35 bits per heavy atom. The molecule has 0 bridgehead atoms. The number of nitrogens with one attached hydrogen (secondary N) is 1. The molecule has 0 saturated carbocycles. The number of halogens is 2. The smallest absolute Gasteiger partial charge is 0.254 e. The van der Waals surface area contributed by atoms with Crippen LogP contribution in [0.5, 0.6) is 0 Å². The van der Waals surface area contributed by atoms with Crippen molar-refractivity contribution in [2.45, 2.75) is 11.1 Å². The predicted octanol–water partition coefficient (Wildman–Crippen LogP) is 3.84. The minimum absolute atomic E-state index is 0.271. The van der Waals surface area contributed by atoms with Gasteiger partial charge in [0.25, 0.3) is 10.0 Å². The number of hydrogen-bond donors (Lipinski definition) is 1. The zero-order valence-corrected chi connectivity index (χ0v) is 14.0. The molecule has 0 aliphatic rings. The number of aryl methyl sites for hydroxylation is 1. The molecule has 0 aliphatic heterocycles. The zero-order valence-electron chi connectivity index (χ0n) is 8.40. The third-order valence-electron chi connectivity index (χ3n) is 1.80. The Morgan fingerprint density at radius 2 is 2.06 bits per heavy atom. The van der Waals surface area contributed by atoms with Crippen molar-refractivity contribution in [2.75, 3.05) is 4.72 Å². The summed E-state index contributed by atoms with van der Waals surface area (Å²) in [5.74, 6) is 0. The van der Waals surface area contributed by atoms with Crippen molar-refractivity contribution in [2.24, 2.45) is 0 Å². The molecular weight excluding hydrogens is 412 g/mol. The van der Waals surface area contributed by atoms with Crippen LogP contribution in [0.25, 0.3) is 0 Å². The number of thiazole rings is 1. The Kier molecular flexibility index (Phi) is 3.93. The molecule has 0 unspecified atom stereocenters. The fourth-order valence-electron chi connectivity index (χ4n) is 1.03. The average Bonchev–Trinajstić information content (AvgIpc) is 2.75. The van der Waals surface area contributed by atoms with Crippen molar-refractivity contribution in [3.63, 3.8) is 0 Å². The van der Waals surface area contributed by atoms with E-state index in [0.29, 0.717) is 5.13 Å². The number of anilines is 1. The molecule has 4 nitrogen and oxygen atoms in total. The lowest BCUT2D eigenvalue weighted by Crippen LogP contribution is -2.11. The summed E-state index contributed by atoms with van der Waals surface area (Å²) in [5, 5.41) is 0.346. The monoisotopic (exact) mass is 416 g/mol. The second kappa shape index (κ2) is 4.96. The van der Waals surface area contributed by atoms with E-state index in [4.69, 9.17) is 0 Å². The van der Waals surface area contributed by atoms with Crippen molar-refractivity contribution in [1.29, 1.82) is 0 Å². The van der Waals surface area contributed by atoms with E-state index >= 15 is 0 Å². The van der Waals surface area contributed by atoms with Crippen LogP contribution in [0.4, 0.5) is 5.13 Å². The highest BCUT2D eigenvalue weighted by Gasteiger charge is 2.19. The Bertz CT molecular complexity index is 628. The first-order chi connectivity index (χ1) is 7.88. The summed E-state index contributed by atoms with van der Waals surface area (Å²) in [6, 6.07) is 1.62.